The Morgan fingerprint density at radius 1 is 1.27 bits per heavy atom. The molecule has 4 atom stereocenters. The number of nitrogens with one attached hydrogen (secondary N) is 1. The minimum atomic E-state index is -0.429. The molecule has 0 bridgehead atoms. The Balaban J connectivity index is 2.28. The molecular formula is C18H36N2O2. The van der Waals surface area contributed by atoms with Gasteiger partial charge in [-0.3, -0.25) is 0 Å². The zero-order valence-electron chi connectivity index (χ0n) is 15.6. The van der Waals surface area contributed by atoms with Crippen LogP contribution >= 0.6 is 0 Å². The van der Waals surface area contributed by atoms with Gasteiger partial charge >= 0.3 is 6.09 Å². The largest absolute Gasteiger partial charge is 0.444 e. The van der Waals surface area contributed by atoms with Gasteiger partial charge in [-0.15, -0.1) is 0 Å². The number of hydrogen-bond donors (Lipinski definition) is 1. The van der Waals surface area contributed by atoms with E-state index in [9.17, 15) is 4.79 Å². The fourth-order valence-corrected chi connectivity index (χ4v) is 3.05. The van der Waals surface area contributed by atoms with Crippen molar-refractivity contribution < 1.29 is 9.53 Å². The molecule has 1 amide bonds. The van der Waals surface area contributed by atoms with Crippen LogP contribution in [0.15, 0.2) is 0 Å². The average Bonchev–Trinajstić information content (AvgIpc) is 2.38. The smallest absolute Gasteiger partial charge is 0.410 e. The van der Waals surface area contributed by atoms with Gasteiger partial charge in [0.2, 0.25) is 0 Å². The van der Waals surface area contributed by atoms with Crippen molar-refractivity contribution in [2.45, 2.75) is 72.4 Å². The van der Waals surface area contributed by atoms with Gasteiger partial charge < -0.3 is 15.0 Å². The van der Waals surface area contributed by atoms with E-state index in [4.69, 9.17) is 4.74 Å². The summed E-state index contributed by atoms with van der Waals surface area (Å²) in [5, 5.41) is 3.69. The van der Waals surface area contributed by atoms with E-state index in [0.717, 1.165) is 24.9 Å². The van der Waals surface area contributed by atoms with Crippen molar-refractivity contribution in [3.05, 3.63) is 0 Å². The first-order valence-corrected chi connectivity index (χ1v) is 8.76. The van der Waals surface area contributed by atoms with E-state index >= 15 is 0 Å². The van der Waals surface area contributed by atoms with Crippen LogP contribution in [0.2, 0.25) is 0 Å². The maximum atomic E-state index is 12.0. The summed E-state index contributed by atoms with van der Waals surface area (Å²) in [5.41, 5.74) is -0.429. The van der Waals surface area contributed by atoms with Gasteiger partial charge in [0.05, 0.1) is 0 Å². The van der Waals surface area contributed by atoms with E-state index in [-0.39, 0.29) is 6.09 Å². The third kappa shape index (κ3) is 6.99. The Labute approximate surface area is 137 Å². The third-order valence-electron chi connectivity index (χ3n) is 4.64. The predicted molar refractivity (Wildman–Crippen MR) is 92.0 cm³/mol. The van der Waals surface area contributed by atoms with E-state index < -0.39 is 5.60 Å². The second-order valence-corrected chi connectivity index (χ2v) is 8.34. The van der Waals surface area contributed by atoms with Crippen LogP contribution in [-0.4, -0.2) is 42.8 Å². The van der Waals surface area contributed by atoms with Crippen LogP contribution < -0.4 is 5.32 Å². The van der Waals surface area contributed by atoms with Crippen LogP contribution in [0, 0.1) is 17.8 Å². The minimum absolute atomic E-state index is 0.237. The highest BCUT2D eigenvalue weighted by atomic mass is 16.6. The van der Waals surface area contributed by atoms with Crippen molar-refractivity contribution in [2.24, 2.45) is 17.8 Å². The van der Waals surface area contributed by atoms with Crippen molar-refractivity contribution >= 4 is 6.09 Å². The lowest BCUT2D eigenvalue weighted by molar-refractivity contribution is 0.0276. The molecule has 1 aliphatic rings. The lowest BCUT2D eigenvalue weighted by atomic mass is 9.79. The summed E-state index contributed by atoms with van der Waals surface area (Å²) in [6.07, 6.45) is 3.64. The summed E-state index contributed by atoms with van der Waals surface area (Å²) in [6, 6.07) is 0.639. The number of ether oxygens (including phenoxy) is 1. The van der Waals surface area contributed by atoms with Crippen molar-refractivity contribution in [1.82, 2.24) is 10.2 Å². The van der Waals surface area contributed by atoms with Gasteiger partial charge in [-0.25, -0.2) is 4.79 Å². The van der Waals surface area contributed by atoms with Gasteiger partial charge in [-0.05, 0) is 64.3 Å². The normalized spacial score (nSPS) is 27.3. The molecule has 4 heteroatoms. The van der Waals surface area contributed by atoms with Gasteiger partial charge in [0.1, 0.15) is 5.60 Å². The van der Waals surface area contributed by atoms with Gasteiger partial charge in [-0.1, -0.05) is 20.8 Å². The maximum absolute atomic E-state index is 12.0. The molecule has 0 saturated heterocycles. The Bertz CT molecular complexity index is 351. The lowest BCUT2D eigenvalue weighted by Crippen LogP contribution is -2.42. The summed E-state index contributed by atoms with van der Waals surface area (Å²) in [7, 11) is 1.81. The summed E-state index contributed by atoms with van der Waals surface area (Å²) in [5.74, 6) is 2.09. The molecule has 22 heavy (non-hydrogen) atoms. The van der Waals surface area contributed by atoms with Crippen LogP contribution in [0.4, 0.5) is 4.79 Å². The number of carbonyl (C=O) groups is 1. The van der Waals surface area contributed by atoms with Crippen LogP contribution in [0.1, 0.15) is 60.8 Å². The van der Waals surface area contributed by atoms with E-state index in [0.29, 0.717) is 12.0 Å². The average molecular weight is 312 g/mol. The molecule has 1 fully saturated rings. The molecule has 0 heterocycles. The van der Waals surface area contributed by atoms with Crippen molar-refractivity contribution in [1.29, 1.82) is 0 Å². The molecule has 4 nitrogen and oxygen atoms in total. The van der Waals surface area contributed by atoms with Crippen molar-refractivity contribution in [2.75, 3.05) is 20.1 Å². The highest BCUT2D eigenvalue weighted by molar-refractivity contribution is 5.67. The molecule has 130 valence electrons. The molecule has 0 aromatic heterocycles. The molecule has 0 aromatic rings. The quantitative estimate of drug-likeness (QED) is 0.837. The standard InChI is InChI=1S/C18H36N2O2/c1-13(12-20(7)17(21)22-18(4,5)6)11-19-16-9-8-14(2)15(3)10-16/h13-16,19H,8-12H2,1-7H3. The van der Waals surface area contributed by atoms with Gasteiger partial charge in [0.15, 0.2) is 0 Å². The number of rotatable bonds is 5. The summed E-state index contributed by atoms with van der Waals surface area (Å²) in [6.45, 7) is 14.3. The van der Waals surface area contributed by atoms with Crippen LogP contribution in [-0.2, 0) is 4.74 Å². The molecule has 1 rings (SSSR count). The Morgan fingerprint density at radius 2 is 1.91 bits per heavy atom. The highest BCUT2D eigenvalue weighted by Crippen LogP contribution is 2.29. The Morgan fingerprint density at radius 3 is 2.45 bits per heavy atom. The monoisotopic (exact) mass is 312 g/mol. The third-order valence-corrected chi connectivity index (χ3v) is 4.64. The maximum Gasteiger partial charge on any atom is 0.410 e. The van der Waals surface area contributed by atoms with Crippen LogP contribution in [0.3, 0.4) is 0 Å². The van der Waals surface area contributed by atoms with E-state index in [1.807, 2.05) is 27.8 Å². The molecule has 1 N–H and O–H groups in total. The summed E-state index contributed by atoms with van der Waals surface area (Å²) in [4.78, 5) is 13.6. The summed E-state index contributed by atoms with van der Waals surface area (Å²) < 4.78 is 5.39. The van der Waals surface area contributed by atoms with Gasteiger partial charge in [-0.2, -0.15) is 0 Å². The molecule has 0 radical (unpaired) electrons. The zero-order valence-corrected chi connectivity index (χ0v) is 15.6. The molecule has 0 aliphatic heterocycles. The first-order chi connectivity index (χ1) is 10.1. The second-order valence-electron chi connectivity index (χ2n) is 8.34. The highest BCUT2D eigenvalue weighted by Gasteiger charge is 2.25. The summed E-state index contributed by atoms with van der Waals surface area (Å²) >= 11 is 0. The van der Waals surface area contributed by atoms with Gasteiger partial charge in [0, 0.05) is 19.6 Å². The van der Waals surface area contributed by atoms with E-state index in [2.05, 4.69) is 26.1 Å². The van der Waals surface area contributed by atoms with Crippen LogP contribution in [0.5, 0.6) is 0 Å². The minimum Gasteiger partial charge on any atom is -0.444 e. The van der Waals surface area contributed by atoms with Crippen molar-refractivity contribution in [3.8, 4) is 0 Å². The second kappa shape index (κ2) is 8.19. The first kappa shape index (κ1) is 19.3. The topological polar surface area (TPSA) is 41.6 Å². The van der Waals surface area contributed by atoms with Gasteiger partial charge in [0.25, 0.3) is 0 Å². The number of nitrogens with zero attached hydrogens (tertiary/aromatic N) is 1. The predicted octanol–water partition coefficient (Wildman–Crippen LogP) is 3.90. The SMILES string of the molecule is CC(CNC1CCC(C)C(C)C1)CN(C)C(=O)OC(C)(C)C. The molecule has 0 spiro atoms. The van der Waals surface area contributed by atoms with Crippen molar-refractivity contribution in [3.63, 3.8) is 0 Å². The fourth-order valence-electron chi connectivity index (χ4n) is 3.05. The molecule has 4 unspecified atom stereocenters. The fraction of sp³-hybridized carbons (Fsp3) is 0.944. The molecular weight excluding hydrogens is 276 g/mol. The Hall–Kier alpha value is -0.770. The molecule has 0 aromatic carbocycles. The Kier molecular flexibility index (Phi) is 7.17. The first-order valence-electron chi connectivity index (χ1n) is 8.76. The van der Waals surface area contributed by atoms with E-state index in [1.165, 1.54) is 19.3 Å². The lowest BCUT2D eigenvalue weighted by Gasteiger charge is -2.33. The number of amides is 1. The molecule has 1 aliphatic carbocycles. The number of carbonyl (C=O) groups excluding carboxylic acids is 1. The molecule has 1 saturated carbocycles. The number of hydrogen-bond acceptors (Lipinski definition) is 3. The van der Waals surface area contributed by atoms with E-state index in [1.54, 1.807) is 4.90 Å². The zero-order chi connectivity index (χ0) is 16.9. The van der Waals surface area contributed by atoms with Crippen LogP contribution in [0.25, 0.3) is 0 Å².